The third-order valence-electron chi connectivity index (χ3n) is 6.42. The van der Waals surface area contributed by atoms with E-state index in [0.29, 0.717) is 37.3 Å². The van der Waals surface area contributed by atoms with Gasteiger partial charge in [-0.2, -0.15) is 0 Å². The Morgan fingerprint density at radius 2 is 1.96 bits per heavy atom. The van der Waals surface area contributed by atoms with Gasteiger partial charge in [0.1, 0.15) is 5.75 Å². The van der Waals surface area contributed by atoms with E-state index in [-0.39, 0.29) is 11.8 Å². The largest absolute Gasteiger partial charge is 0.493 e. The maximum atomic E-state index is 12.7. The molecule has 0 radical (unpaired) electrons. The Morgan fingerprint density at radius 1 is 1.26 bits per heavy atom. The molecular formula is C20H27N3O4. The molecule has 0 aromatic heterocycles. The standard InChI is InChI=1S/C20H27N3O4/c1-2-26-15-6-4-3-5-14(15)16(24)23-13-18-11-19(12-18,17(21)25)20(27-18)7-9-22-10-8-20/h3-6,22H,2,7-13H2,1H3,(H2,21,25)(H,23,24). The molecule has 1 aliphatic carbocycles. The van der Waals surface area contributed by atoms with E-state index < -0.39 is 16.6 Å². The normalized spacial score (nSPS) is 30.6. The summed E-state index contributed by atoms with van der Waals surface area (Å²) in [4.78, 5) is 25.0. The summed E-state index contributed by atoms with van der Waals surface area (Å²) in [5.41, 5.74) is 4.72. The van der Waals surface area contributed by atoms with E-state index in [1.165, 1.54) is 0 Å². The minimum absolute atomic E-state index is 0.195. The van der Waals surface area contributed by atoms with Crippen molar-refractivity contribution >= 4 is 11.8 Å². The van der Waals surface area contributed by atoms with Gasteiger partial charge in [-0.05, 0) is 57.8 Å². The molecule has 2 amide bonds. The van der Waals surface area contributed by atoms with Crippen LogP contribution < -0.4 is 21.1 Å². The Bertz CT molecular complexity index is 751. The maximum Gasteiger partial charge on any atom is 0.255 e. The zero-order valence-corrected chi connectivity index (χ0v) is 15.7. The smallest absolute Gasteiger partial charge is 0.255 e. The number of rotatable bonds is 6. The summed E-state index contributed by atoms with van der Waals surface area (Å²) in [6.45, 7) is 4.39. The van der Waals surface area contributed by atoms with Crippen LogP contribution in [0.4, 0.5) is 0 Å². The number of carbonyl (C=O) groups excluding carboxylic acids is 2. The van der Waals surface area contributed by atoms with Gasteiger partial charge in [0.05, 0.1) is 28.8 Å². The number of amides is 2. The summed E-state index contributed by atoms with van der Waals surface area (Å²) in [7, 11) is 0. The molecule has 7 heteroatoms. The van der Waals surface area contributed by atoms with Crippen LogP contribution in [-0.4, -0.2) is 49.3 Å². The number of carbonyl (C=O) groups is 2. The van der Waals surface area contributed by atoms with Gasteiger partial charge in [-0.15, -0.1) is 0 Å². The monoisotopic (exact) mass is 373 g/mol. The maximum absolute atomic E-state index is 12.7. The van der Waals surface area contributed by atoms with Crippen molar-refractivity contribution in [2.75, 3.05) is 26.2 Å². The third-order valence-corrected chi connectivity index (χ3v) is 6.42. The molecule has 4 N–H and O–H groups in total. The van der Waals surface area contributed by atoms with Crippen LogP contribution in [0.15, 0.2) is 24.3 Å². The van der Waals surface area contributed by atoms with Crippen molar-refractivity contribution in [2.24, 2.45) is 11.1 Å². The second-order valence-corrected chi connectivity index (χ2v) is 7.94. The van der Waals surface area contributed by atoms with Gasteiger partial charge in [0, 0.05) is 6.54 Å². The van der Waals surface area contributed by atoms with E-state index in [9.17, 15) is 9.59 Å². The topological polar surface area (TPSA) is 103 Å². The minimum atomic E-state index is -0.594. The molecule has 1 spiro atoms. The second kappa shape index (κ2) is 6.49. The van der Waals surface area contributed by atoms with Crippen LogP contribution in [0, 0.1) is 5.41 Å². The van der Waals surface area contributed by atoms with E-state index in [2.05, 4.69) is 10.6 Å². The molecule has 3 saturated heterocycles. The van der Waals surface area contributed by atoms with E-state index in [1.807, 2.05) is 19.1 Å². The van der Waals surface area contributed by atoms with Crippen LogP contribution in [0.5, 0.6) is 5.75 Å². The van der Waals surface area contributed by atoms with Gasteiger partial charge in [-0.25, -0.2) is 0 Å². The molecule has 27 heavy (non-hydrogen) atoms. The lowest BCUT2D eigenvalue weighted by atomic mass is 9.53. The first-order valence-corrected chi connectivity index (χ1v) is 9.67. The zero-order chi connectivity index (χ0) is 19.1. The van der Waals surface area contributed by atoms with Crippen LogP contribution in [0.2, 0.25) is 0 Å². The van der Waals surface area contributed by atoms with Crippen LogP contribution in [0.25, 0.3) is 0 Å². The van der Waals surface area contributed by atoms with Gasteiger partial charge in [0.25, 0.3) is 5.91 Å². The molecule has 4 fully saturated rings. The average molecular weight is 373 g/mol. The van der Waals surface area contributed by atoms with Gasteiger partial charge in [0.15, 0.2) is 0 Å². The first-order chi connectivity index (χ1) is 13.0. The second-order valence-electron chi connectivity index (χ2n) is 7.94. The number of nitrogens with one attached hydrogen (secondary N) is 2. The van der Waals surface area contributed by atoms with Crippen molar-refractivity contribution in [1.82, 2.24) is 10.6 Å². The predicted molar refractivity (Wildman–Crippen MR) is 99.5 cm³/mol. The Balaban J connectivity index is 1.47. The third kappa shape index (κ3) is 2.72. The number of hydrogen-bond acceptors (Lipinski definition) is 5. The molecule has 5 rings (SSSR count). The number of benzene rings is 1. The van der Waals surface area contributed by atoms with E-state index in [4.69, 9.17) is 15.2 Å². The molecule has 3 heterocycles. The van der Waals surface area contributed by atoms with Gasteiger partial charge < -0.3 is 25.8 Å². The average Bonchev–Trinajstić information content (AvgIpc) is 3.05. The number of hydrogen-bond donors (Lipinski definition) is 3. The fourth-order valence-corrected chi connectivity index (χ4v) is 5.20. The van der Waals surface area contributed by atoms with Crippen molar-refractivity contribution in [3.05, 3.63) is 29.8 Å². The lowest BCUT2D eigenvalue weighted by molar-refractivity contribution is -0.137. The van der Waals surface area contributed by atoms with Gasteiger partial charge in [0.2, 0.25) is 5.91 Å². The molecular weight excluding hydrogens is 346 g/mol. The summed E-state index contributed by atoms with van der Waals surface area (Å²) in [5, 5.41) is 6.30. The summed E-state index contributed by atoms with van der Waals surface area (Å²) in [5.74, 6) is 0.0997. The molecule has 7 nitrogen and oxygen atoms in total. The summed E-state index contributed by atoms with van der Waals surface area (Å²) in [6.07, 6.45) is 2.73. The highest BCUT2D eigenvalue weighted by Gasteiger charge is 2.77. The van der Waals surface area contributed by atoms with Gasteiger partial charge in [-0.1, -0.05) is 12.1 Å². The van der Waals surface area contributed by atoms with Crippen LogP contribution in [-0.2, 0) is 9.53 Å². The SMILES string of the molecule is CCOc1ccccc1C(=O)NCC12CC(C(N)=O)(C1)C1(CCNCC1)O2. The molecule has 0 unspecified atom stereocenters. The minimum Gasteiger partial charge on any atom is -0.493 e. The van der Waals surface area contributed by atoms with Crippen molar-refractivity contribution < 1.29 is 19.1 Å². The predicted octanol–water partition coefficient (Wildman–Crippen LogP) is 0.972. The van der Waals surface area contributed by atoms with E-state index in [0.717, 1.165) is 25.9 Å². The molecule has 1 saturated carbocycles. The van der Waals surface area contributed by atoms with Crippen LogP contribution in [0.1, 0.15) is 43.0 Å². The number of nitrogens with two attached hydrogens (primary N) is 1. The highest BCUT2D eigenvalue weighted by Crippen LogP contribution is 2.68. The van der Waals surface area contributed by atoms with Gasteiger partial charge in [-0.3, -0.25) is 9.59 Å². The number of para-hydroxylation sites is 1. The molecule has 3 aliphatic heterocycles. The lowest BCUT2D eigenvalue weighted by Gasteiger charge is -2.47. The van der Waals surface area contributed by atoms with Crippen molar-refractivity contribution in [3.63, 3.8) is 0 Å². The van der Waals surface area contributed by atoms with Crippen molar-refractivity contribution in [3.8, 4) is 5.75 Å². The van der Waals surface area contributed by atoms with Crippen molar-refractivity contribution in [1.29, 1.82) is 0 Å². The number of piperidine rings is 1. The summed E-state index contributed by atoms with van der Waals surface area (Å²) < 4.78 is 12.0. The molecule has 146 valence electrons. The van der Waals surface area contributed by atoms with E-state index >= 15 is 0 Å². The Kier molecular flexibility index (Phi) is 4.39. The Morgan fingerprint density at radius 3 is 2.63 bits per heavy atom. The lowest BCUT2D eigenvalue weighted by Crippen LogP contribution is -2.60. The first kappa shape index (κ1) is 18.3. The Labute approximate surface area is 159 Å². The van der Waals surface area contributed by atoms with Crippen LogP contribution in [0.3, 0.4) is 0 Å². The fourth-order valence-electron chi connectivity index (χ4n) is 5.20. The quantitative estimate of drug-likeness (QED) is 0.690. The molecule has 1 aromatic carbocycles. The van der Waals surface area contributed by atoms with E-state index in [1.54, 1.807) is 12.1 Å². The van der Waals surface area contributed by atoms with Gasteiger partial charge >= 0.3 is 0 Å². The Hall–Kier alpha value is -2.12. The summed E-state index contributed by atoms with van der Waals surface area (Å²) >= 11 is 0. The highest BCUT2D eigenvalue weighted by atomic mass is 16.5. The van der Waals surface area contributed by atoms with Crippen molar-refractivity contribution in [2.45, 2.75) is 43.8 Å². The number of ether oxygens (including phenoxy) is 2. The number of primary amides is 1. The molecule has 4 aliphatic rings. The highest BCUT2D eigenvalue weighted by molar-refractivity contribution is 5.97. The fraction of sp³-hybridized carbons (Fsp3) is 0.600. The molecule has 0 atom stereocenters. The first-order valence-electron chi connectivity index (χ1n) is 9.67. The zero-order valence-electron chi connectivity index (χ0n) is 15.7. The molecule has 2 bridgehead atoms. The summed E-state index contributed by atoms with van der Waals surface area (Å²) in [6, 6.07) is 7.19. The molecule has 1 aromatic rings. The van der Waals surface area contributed by atoms with Crippen LogP contribution >= 0.6 is 0 Å².